The summed E-state index contributed by atoms with van der Waals surface area (Å²) in [7, 11) is 0. The fraction of sp³-hybridized carbons (Fsp3) is 0.865. The van der Waals surface area contributed by atoms with Crippen molar-refractivity contribution in [1.29, 1.82) is 0 Å². The van der Waals surface area contributed by atoms with Crippen LogP contribution in [0.15, 0.2) is 24.2 Å². The summed E-state index contributed by atoms with van der Waals surface area (Å²) in [5, 5.41) is 83.6. The van der Waals surface area contributed by atoms with E-state index >= 15 is 0 Å². The first-order chi connectivity index (χ1) is 31.9. The van der Waals surface area contributed by atoms with Gasteiger partial charge < -0.3 is 61.3 Å². The Kier molecular flexibility index (Phi) is 13.5. The molecule has 11 N–H and O–H groups in total. The standard InChI is InChI=1S/C52H82N4O11/c1-47(26-57)16-18-51(46(64)65)19-17-49(3)32(34(51)23-47)12-13-38-50(49,4)15-14-37-48(2,27-58)44(67-45-43(63)42(62)36(59)25-66-45)41(61)33(52(37,38)30-9-6-5-7-10-30)21-29-22-39(60)56-40(29)31(11-8-20-53)35-24-54-28-55-35/h12,24,28-31,33-34,36-38,40-45,57-59,61-63H,5-11,13-23,25-27,53H2,1-4H3,(H,54,55)(H,56,60)(H,64,65). The van der Waals surface area contributed by atoms with E-state index in [1.54, 1.807) is 6.33 Å². The maximum Gasteiger partial charge on any atom is 0.310 e. The van der Waals surface area contributed by atoms with Gasteiger partial charge in [0.25, 0.3) is 0 Å². The fourth-order valence-corrected chi connectivity index (χ4v) is 17.6. The molecule has 6 aliphatic carbocycles. The van der Waals surface area contributed by atoms with Gasteiger partial charge in [0.1, 0.15) is 18.3 Å². The number of hydrogen-bond donors (Lipinski definition) is 10. The summed E-state index contributed by atoms with van der Waals surface area (Å²) in [6, 6.07) is -0.279. The van der Waals surface area contributed by atoms with E-state index < -0.39 is 70.4 Å². The fourth-order valence-electron chi connectivity index (χ4n) is 17.6. The summed E-state index contributed by atoms with van der Waals surface area (Å²) in [6.45, 7) is 8.90. The van der Waals surface area contributed by atoms with Crippen LogP contribution in [0.25, 0.3) is 0 Å². The van der Waals surface area contributed by atoms with Gasteiger partial charge in [-0.15, -0.1) is 0 Å². The maximum atomic E-state index is 13.9. The zero-order chi connectivity index (χ0) is 47.9. The van der Waals surface area contributed by atoms with Crippen molar-refractivity contribution in [1.82, 2.24) is 15.3 Å². The second kappa shape index (κ2) is 18.3. The number of aromatic nitrogens is 2. The second-order valence-electron chi connectivity index (χ2n) is 24.2. The first-order valence-electron chi connectivity index (χ1n) is 26.0. The molecule has 5 saturated carbocycles. The van der Waals surface area contributed by atoms with E-state index in [1.807, 2.05) is 13.1 Å². The molecule has 2 aliphatic heterocycles. The number of aliphatic hydroxyl groups excluding tert-OH is 6. The van der Waals surface area contributed by atoms with Crippen LogP contribution in [-0.2, 0) is 19.1 Å². The average Bonchev–Trinajstić information content (AvgIpc) is 3.99. The highest BCUT2D eigenvalue weighted by Gasteiger charge is 2.76. The molecule has 9 rings (SSSR count). The molecule has 2 saturated heterocycles. The summed E-state index contributed by atoms with van der Waals surface area (Å²) in [5.74, 6) is -1.77. The molecule has 1 aromatic rings. The number of rotatable bonds is 13. The van der Waals surface area contributed by atoms with Gasteiger partial charge in [-0.3, -0.25) is 9.59 Å². The van der Waals surface area contributed by atoms with Crippen molar-refractivity contribution in [3.8, 4) is 0 Å². The highest BCUT2D eigenvalue weighted by atomic mass is 16.7. The topological polar surface area (TPSA) is 261 Å². The number of aliphatic carboxylic acids is 1. The molecule has 0 spiro atoms. The molecule has 0 bridgehead atoms. The Labute approximate surface area is 396 Å². The van der Waals surface area contributed by atoms with Crippen molar-refractivity contribution in [3.63, 3.8) is 0 Å². The molecule has 15 heteroatoms. The summed E-state index contributed by atoms with van der Waals surface area (Å²) >= 11 is 0. The van der Waals surface area contributed by atoms with Crippen LogP contribution in [0, 0.1) is 68.0 Å². The van der Waals surface area contributed by atoms with Crippen LogP contribution in [0.3, 0.4) is 0 Å². The van der Waals surface area contributed by atoms with Crippen molar-refractivity contribution in [2.24, 2.45) is 73.7 Å². The van der Waals surface area contributed by atoms with Crippen LogP contribution in [-0.4, -0.2) is 127 Å². The molecule has 1 aromatic heterocycles. The Morgan fingerprint density at radius 2 is 1.70 bits per heavy atom. The molecular weight excluding hydrogens is 857 g/mol. The highest BCUT2D eigenvalue weighted by molar-refractivity contribution is 5.79. The number of nitrogens with two attached hydrogens (primary N) is 1. The Morgan fingerprint density at radius 1 is 0.955 bits per heavy atom. The van der Waals surface area contributed by atoms with Gasteiger partial charge in [-0.1, -0.05) is 58.6 Å². The summed E-state index contributed by atoms with van der Waals surface area (Å²) in [6.07, 6.45) is 10.5. The van der Waals surface area contributed by atoms with E-state index in [4.69, 9.17) is 15.2 Å². The van der Waals surface area contributed by atoms with Gasteiger partial charge in [0.05, 0.1) is 37.2 Å². The number of hydrogen-bond acceptors (Lipinski definition) is 12. The molecule has 15 nitrogen and oxygen atoms in total. The number of aliphatic hydroxyl groups is 6. The highest BCUT2D eigenvalue weighted by Crippen LogP contribution is 2.79. The summed E-state index contributed by atoms with van der Waals surface area (Å²) < 4.78 is 12.7. The number of allylic oxidation sites excluding steroid dienone is 2. The van der Waals surface area contributed by atoms with E-state index in [-0.39, 0.29) is 84.5 Å². The normalized spacial score (nSPS) is 48.3. The SMILES string of the molecule is CC1(CO)CCC2(C(=O)O)CCC3(C)C(=CCC4C5(C6CCCCC6)C(CC6CC(=O)NC6C(CCCN)c6cnc[nH]6)C(O)C(OC6OCC(O)C(O)C6O)C(C)(CO)C5CCC43C)C2C1. The van der Waals surface area contributed by atoms with E-state index in [2.05, 4.69) is 42.1 Å². The molecule has 1 amide bonds. The number of amides is 1. The lowest BCUT2D eigenvalue weighted by Crippen LogP contribution is -2.75. The Bertz CT molecular complexity index is 1980. The van der Waals surface area contributed by atoms with Gasteiger partial charge >= 0.3 is 5.97 Å². The van der Waals surface area contributed by atoms with Crippen LogP contribution < -0.4 is 11.1 Å². The molecule has 376 valence electrons. The van der Waals surface area contributed by atoms with Crippen LogP contribution in [0.1, 0.15) is 148 Å². The van der Waals surface area contributed by atoms with Crippen molar-refractivity contribution in [2.75, 3.05) is 26.4 Å². The Hall–Kier alpha value is -2.47. The van der Waals surface area contributed by atoms with Crippen molar-refractivity contribution in [3.05, 3.63) is 29.9 Å². The largest absolute Gasteiger partial charge is 0.481 e. The lowest BCUT2D eigenvalue weighted by atomic mass is 9.29. The summed E-state index contributed by atoms with van der Waals surface area (Å²) in [4.78, 5) is 35.1. The average molecular weight is 939 g/mol. The number of nitrogens with one attached hydrogen (secondary N) is 2. The van der Waals surface area contributed by atoms with E-state index in [9.17, 15) is 45.3 Å². The predicted octanol–water partition coefficient (Wildman–Crippen LogP) is 4.54. The van der Waals surface area contributed by atoms with Crippen LogP contribution in [0.4, 0.5) is 0 Å². The molecule has 0 aromatic carbocycles. The number of aromatic amines is 1. The molecule has 0 radical (unpaired) electrons. The van der Waals surface area contributed by atoms with E-state index in [0.717, 1.165) is 57.1 Å². The second-order valence-corrected chi connectivity index (χ2v) is 24.2. The maximum absolute atomic E-state index is 13.9. The molecule has 8 aliphatic rings. The number of H-pyrrole nitrogens is 1. The molecule has 19 unspecified atom stereocenters. The molecular formula is C52H82N4O11. The minimum Gasteiger partial charge on any atom is -0.481 e. The smallest absolute Gasteiger partial charge is 0.310 e. The molecule has 19 atom stereocenters. The summed E-state index contributed by atoms with van der Waals surface area (Å²) in [5.41, 5.74) is 4.61. The van der Waals surface area contributed by atoms with Crippen molar-refractivity contribution in [2.45, 2.75) is 186 Å². The molecule has 3 heterocycles. The third-order valence-electron chi connectivity index (χ3n) is 21.3. The Balaban J connectivity index is 1.22. The molecule has 67 heavy (non-hydrogen) atoms. The number of carboxylic acid groups (broad SMARTS) is 1. The Morgan fingerprint density at radius 3 is 2.37 bits per heavy atom. The third-order valence-corrected chi connectivity index (χ3v) is 21.3. The predicted molar refractivity (Wildman–Crippen MR) is 248 cm³/mol. The number of imidazole rings is 1. The number of carbonyl (C=O) groups is 2. The monoisotopic (exact) mass is 939 g/mol. The van der Waals surface area contributed by atoms with Crippen molar-refractivity contribution >= 4 is 11.9 Å². The van der Waals surface area contributed by atoms with Crippen LogP contribution in [0.5, 0.6) is 0 Å². The van der Waals surface area contributed by atoms with Gasteiger partial charge in [-0.25, -0.2) is 4.98 Å². The number of carbonyl (C=O) groups excluding carboxylic acids is 1. The number of nitrogens with zero attached hydrogens (tertiary/aromatic N) is 1. The lowest BCUT2D eigenvalue weighted by molar-refractivity contribution is -0.349. The van der Waals surface area contributed by atoms with E-state index in [1.165, 1.54) is 5.57 Å². The van der Waals surface area contributed by atoms with Gasteiger partial charge in [-0.2, -0.15) is 0 Å². The zero-order valence-corrected chi connectivity index (χ0v) is 40.5. The van der Waals surface area contributed by atoms with E-state index in [0.29, 0.717) is 57.9 Å². The van der Waals surface area contributed by atoms with Crippen LogP contribution >= 0.6 is 0 Å². The number of carboxylic acids is 1. The van der Waals surface area contributed by atoms with Gasteiger partial charge in [-0.05, 0) is 147 Å². The van der Waals surface area contributed by atoms with Gasteiger partial charge in [0.15, 0.2) is 6.29 Å². The quantitative estimate of drug-likeness (QED) is 0.0964. The third kappa shape index (κ3) is 7.55. The minimum atomic E-state index is -1.60. The van der Waals surface area contributed by atoms with Crippen molar-refractivity contribution < 1.29 is 54.8 Å². The van der Waals surface area contributed by atoms with Gasteiger partial charge in [0, 0.05) is 42.3 Å². The number of ether oxygens (including phenoxy) is 2. The first-order valence-corrected chi connectivity index (χ1v) is 26.0. The first kappa shape index (κ1) is 49.5. The zero-order valence-electron chi connectivity index (χ0n) is 40.5. The van der Waals surface area contributed by atoms with Crippen LogP contribution in [0.2, 0.25) is 0 Å². The minimum absolute atomic E-state index is 0.00451. The lowest BCUT2D eigenvalue weighted by Gasteiger charge is -2.76. The van der Waals surface area contributed by atoms with Gasteiger partial charge in [0.2, 0.25) is 5.91 Å². The number of fused-ring (bicyclic) bond motifs is 7. The molecule has 7 fully saturated rings.